The molecule has 8 nitrogen and oxygen atoms in total. The van der Waals surface area contributed by atoms with E-state index in [0.29, 0.717) is 4.60 Å². The Hall–Kier alpha value is -2.55. The van der Waals surface area contributed by atoms with Crippen LogP contribution in [0, 0.1) is 10.1 Å². The Bertz CT molecular complexity index is 675. The van der Waals surface area contributed by atoms with Gasteiger partial charge in [-0.15, -0.1) is 0 Å². The van der Waals surface area contributed by atoms with Crippen LogP contribution in [0.2, 0.25) is 0 Å². The summed E-state index contributed by atoms with van der Waals surface area (Å²) in [6.45, 7) is 0. The molecule has 0 saturated heterocycles. The molecule has 0 fully saturated rings. The van der Waals surface area contributed by atoms with Crippen molar-refractivity contribution in [2.45, 2.75) is 0 Å². The topological polar surface area (TPSA) is 118 Å². The summed E-state index contributed by atoms with van der Waals surface area (Å²) in [6.07, 6.45) is 2.68. The van der Waals surface area contributed by atoms with E-state index < -0.39 is 22.3 Å². The van der Waals surface area contributed by atoms with Gasteiger partial charge in [-0.3, -0.25) is 14.9 Å². The Morgan fingerprint density at radius 2 is 2.10 bits per heavy atom. The third-order valence-corrected chi connectivity index (χ3v) is 2.73. The highest BCUT2D eigenvalue weighted by atomic mass is 79.9. The molecule has 0 spiro atoms. The number of anilines is 1. The summed E-state index contributed by atoms with van der Waals surface area (Å²) in [5.74, 6) is -1.26. The lowest BCUT2D eigenvalue weighted by Gasteiger charge is -2.06. The molecule has 1 aromatic heterocycles. The molecule has 0 aliphatic rings. The van der Waals surface area contributed by atoms with Gasteiger partial charge < -0.3 is 10.4 Å². The number of benzene rings is 1. The van der Waals surface area contributed by atoms with E-state index in [2.05, 4.69) is 31.2 Å². The molecule has 9 heteroatoms. The summed E-state index contributed by atoms with van der Waals surface area (Å²) >= 11 is 3.09. The lowest BCUT2D eigenvalue weighted by molar-refractivity contribution is -0.385. The van der Waals surface area contributed by atoms with Crippen LogP contribution in [0.4, 0.5) is 11.5 Å². The summed E-state index contributed by atoms with van der Waals surface area (Å²) in [6, 6.07) is 3.68. The fourth-order valence-corrected chi connectivity index (χ4v) is 1.63. The Kier molecular flexibility index (Phi) is 3.89. The largest absolute Gasteiger partial charge is 0.502 e. The number of carbonyl (C=O) groups is 1. The molecule has 2 N–H and O–H groups in total. The first-order valence-corrected chi connectivity index (χ1v) is 6.03. The van der Waals surface area contributed by atoms with Crippen LogP contribution in [0.3, 0.4) is 0 Å². The first-order valence-electron chi connectivity index (χ1n) is 5.24. The van der Waals surface area contributed by atoms with Crippen LogP contribution in [0.15, 0.2) is 35.2 Å². The second kappa shape index (κ2) is 5.61. The van der Waals surface area contributed by atoms with Crippen molar-refractivity contribution in [2.75, 3.05) is 5.32 Å². The minimum Gasteiger partial charge on any atom is -0.502 e. The van der Waals surface area contributed by atoms with Gasteiger partial charge in [0.2, 0.25) is 5.75 Å². The van der Waals surface area contributed by atoms with Crippen LogP contribution in [0.5, 0.6) is 5.75 Å². The highest BCUT2D eigenvalue weighted by Crippen LogP contribution is 2.29. The van der Waals surface area contributed by atoms with E-state index in [4.69, 9.17) is 0 Å². The summed E-state index contributed by atoms with van der Waals surface area (Å²) in [5, 5.41) is 22.8. The molecular weight excluding hydrogens is 332 g/mol. The first-order chi connectivity index (χ1) is 9.49. The van der Waals surface area contributed by atoms with Gasteiger partial charge in [0.15, 0.2) is 5.82 Å². The average molecular weight is 339 g/mol. The first kappa shape index (κ1) is 13.9. The number of hydrogen-bond acceptors (Lipinski definition) is 6. The molecule has 0 unspecified atom stereocenters. The Labute approximate surface area is 120 Å². The number of hydrogen-bond donors (Lipinski definition) is 2. The number of carbonyl (C=O) groups excluding carboxylic acids is 1. The molecule has 0 aliphatic heterocycles. The summed E-state index contributed by atoms with van der Waals surface area (Å²) < 4.78 is 0.494. The molecule has 102 valence electrons. The van der Waals surface area contributed by atoms with Crippen molar-refractivity contribution in [1.82, 2.24) is 9.97 Å². The number of nitrogens with one attached hydrogen (secondary N) is 1. The average Bonchev–Trinajstić information content (AvgIpc) is 2.41. The fraction of sp³-hybridized carbons (Fsp3) is 0. The van der Waals surface area contributed by atoms with E-state index in [9.17, 15) is 20.0 Å². The van der Waals surface area contributed by atoms with Crippen molar-refractivity contribution in [3.05, 3.63) is 50.9 Å². The maximum absolute atomic E-state index is 11.9. The van der Waals surface area contributed by atoms with Crippen LogP contribution in [-0.2, 0) is 0 Å². The molecular formula is C11H7BrN4O4. The molecule has 1 heterocycles. The second-order valence-electron chi connectivity index (χ2n) is 3.61. The molecule has 1 amide bonds. The monoisotopic (exact) mass is 338 g/mol. The zero-order chi connectivity index (χ0) is 14.7. The minimum absolute atomic E-state index is 0.157. The lowest BCUT2D eigenvalue weighted by atomic mass is 10.1. The molecule has 0 bridgehead atoms. The quantitative estimate of drug-likeness (QED) is 0.653. The standard InChI is InChI=1S/C11H7BrN4O4/c12-8-4-14-9(5-13-8)15-11(18)6-2-1-3-7(10(6)17)16(19)20/h1-5,17H,(H,14,15,18). The van der Waals surface area contributed by atoms with Crippen molar-refractivity contribution in [2.24, 2.45) is 0 Å². The van der Waals surface area contributed by atoms with Gasteiger partial charge in [-0.2, -0.15) is 0 Å². The van der Waals surface area contributed by atoms with Gasteiger partial charge in [0.25, 0.3) is 5.91 Å². The van der Waals surface area contributed by atoms with Gasteiger partial charge in [-0.1, -0.05) is 6.07 Å². The van der Waals surface area contributed by atoms with E-state index >= 15 is 0 Å². The third kappa shape index (κ3) is 2.88. The van der Waals surface area contributed by atoms with Crippen LogP contribution in [0.1, 0.15) is 10.4 Å². The van der Waals surface area contributed by atoms with E-state index in [1.165, 1.54) is 24.5 Å². The number of halogens is 1. The van der Waals surface area contributed by atoms with Crippen molar-refractivity contribution in [1.29, 1.82) is 0 Å². The number of phenolic OH excluding ortho intramolecular Hbond substituents is 1. The normalized spacial score (nSPS) is 10.1. The van der Waals surface area contributed by atoms with Gasteiger partial charge in [-0.05, 0) is 22.0 Å². The number of rotatable bonds is 3. The van der Waals surface area contributed by atoms with Crippen molar-refractivity contribution >= 4 is 33.3 Å². The molecule has 20 heavy (non-hydrogen) atoms. The number of aromatic nitrogens is 2. The molecule has 2 aromatic rings. The third-order valence-electron chi connectivity index (χ3n) is 2.32. The highest BCUT2D eigenvalue weighted by Gasteiger charge is 2.21. The highest BCUT2D eigenvalue weighted by molar-refractivity contribution is 9.10. The predicted octanol–water partition coefficient (Wildman–Crippen LogP) is 2.11. The number of nitro groups is 1. The van der Waals surface area contributed by atoms with Crippen LogP contribution in [0.25, 0.3) is 0 Å². The van der Waals surface area contributed by atoms with Crippen LogP contribution in [-0.4, -0.2) is 25.9 Å². The molecule has 0 saturated carbocycles. The van der Waals surface area contributed by atoms with Gasteiger partial charge >= 0.3 is 5.69 Å². The Balaban J connectivity index is 2.28. The lowest BCUT2D eigenvalue weighted by Crippen LogP contribution is -2.13. The van der Waals surface area contributed by atoms with Crippen LogP contribution >= 0.6 is 15.9 Å². The van der Waals surface area contributed by atoms with E-state index in [0.717, 1.165) is 6.07 Å². The Morgan fingerprint density at radius 1 is 1.35 bits per heavy atom. The van der Waals surface area contributed by atoms with Crippen molar-refractivity contribution in [3.8, 4) is 5.75 Å². The zero-order valence-electron chi connectivity index (χ0n) is 9.78. The van der Waals surface area contributed by atoms with Gasteiger partial charge in [0, 0.05) is 6.07 Å². The van der Waals surface area contributed by atoms with E-state index in [1.54, 1.807) is 0 Å². The molecule has 1 aromatic carbocycles. The van der Waals surface area contributed by atoms with Crippen molar-refractivity contribution in [3.63, 3.8) is 0 Å². The summed E-state index contributed by atoms with van der Waals surface area (Å²) in [5.41, 5.74) is -0.761. The number of phenols is 1. The summed E-state index contributed by atoms with van der Waals surface area (Å²) in [7, 11) is 0. The fourth-order valence-electron chi connectivity index (χ4n) is 1.42. The van der Waals surface area contributed by atoms with Crippen molar-refractivity contribution < 1.29 is 14.8 Å². The number of aromatic hydroxyl groups is 1. The van der Waals surface area contributed by atoms with E-state index in [-0.39, 0.29) is 11.4 Å². The van der Waals surface area contributed by atoms with Gasteiger partial charge in [0.1, 0.15) is 4.60 Å². The number of nitro benzene ring substituents is 1. The van der Waals surface area contributed by atoms with Gasteiger partial charge in [0.05, 0.1) is 22.9 Å². The molecule has 0 aliphatic carbocycles. The SMILES string of the molecule is O=C(Nc1cnc(Br)cn1)c1cccc([N+](=O)[O-])c1O. The predicted molar refractivity (Wildman–Crippen MR) is 72.4 cm³/mol. The van der Waals surface area contributed by atoms with E-state index in [1.807, 2.05) is 0 Å². The maximum atomic E-state index is 11.9. The smallest absolute Gasteiger partial charge is 0.311 e. The van der Waals surface area contributed by atoms with Gasteiger partial charge in [-0.25, -0.2) is 9.97 Å². The Morgan fingerprint density at radius 3 is 2.70 bits per heavy atom. The second-order valence-corrected chi connectivity index (χ2v) is 4.42. The van der Waals surface area contributed by atoms with Crippen LogP contribution < -0.4 is 5.32 Å². The minimum atomic E-state index is -0.772. The zero-order valence-corrected chi connectivity index (χ0v) is 11.4. The molecule has 2 rings (SSSR count). The maximum Gasteiger partial charge on any atom is 0.311 e. The number of nitrogens with zero attached hydrogens (tertiary/aromatic N) is 3. The summed E-state index contributed by atoms with van der Waals surface area (Å²) in [4.78, 5) is 29.6. The number of para-hydroxylation sites is 1. The molecule has 0 atom stereocenters. The molecule has 0 radical (unpaired) electrons. The number of amides is 1.